The number of allylic oxidation sites excluding steroid dienone is 1. The van der Waals surface area contributed by atoms with Crippen molar-refractivity contribution in [1.29, 1.82) is 0 Å². The first-order chi connectivity index (χ1) is 14.0. The van der Waals surface area contributed by atoms with Crippen molar-refractivity contribution in [2.45, 2.75) is 46.0 Å². The third-order valence-corrected chi connectivity index (χ3v) is 5.36. The summed E-state index contributed by atoms with van der Waals surface area (Å²) in [4.78, 5) is 9.10. The molecule has 0 atom stereocenters. The van der Waals surface area contributed by atoms with Gasteiger partial charge < -0.3 is 20.4 Å². The molecule has 3 rings (SSSR count). The number of nitrogens with two attached hydrogens (primary N) is 1. The van der Waals surface area contributed by atoms with Gasteiger partial charge in [0.2, 0.25) is 0 Å². The second-order valence-electron chi connectivity index (χ2n) is 7.56. The largest absolute Gasteiger partial charge is 0.494 e. The lowest BCUT2D eigenvalue weighted by molar-refractivity contribution is 0.413. The van der Waals surface area contributed by atoms with Crippen molar-refractivity contribution in [1.82, 2.24) is 9.55 Å². The summed E-state index contributed by atoms with van der Waals surface area (Å²) in [5.41, 5.74) is 10.6. The number of hydrogen-bond acceptors (Lipinski definition) is 5. The highest BCUT2D eigenvalue weighted by Crippen LogP contribution is 2.29. The van der Waals surface area contributed by atoms with Crippen LogP contribution < -0.4 is 15.8 Å². The van der Waals surface area contributed by atoms with Crippen molar-refractivity contribution in [3.8, 4) is 11.4 Å². The Morgan fingerprint density at radius 2 is 2.10 bits per heavy atom. The van der Waals surface area contributed by atoms with Crippen molar-refractivity contribution in [2.24, 2.45) is 16.6 Å². The Morgan fingerprint density at radius 1 is 1.34 bits per heavy atom. The van der Waals surface area contributed by atoms with E-state index in [1.54, 1.807) is 19.6 Å². The van der Waals surface area contributed by atoms with Crippen molar-refractivity contribution >= 4 is 11.4 Å². The molecule has 1 saturated carbocycles. The molecule has 0 unspecified atom stereocenters. The summed E-state index contributed by atoms with van der Waals surface area (Å²) >= 11 is 0. The number of aromatic nitrogens is 2. The number of hydrogen-bond donors (Lipinski definition) is 2. The highest BCUT2D eigenvalue weighted by Gasteiger charge is 2.20. The first kappa shape index (κ1) is 20.7. The van der Waals surface area contributed by atoms with Gasteiger partial charge in [-0.1, -0.05) is 25.8 Å². The van der Waals surface area contributed by atoms with Crippen LogP contribution in [0.1, 0.15) is 44.7 Å². The van der Waals surface area contributed by atoms with Gasteiger partial charge in [0.05, 0.1) is 30.5 Å². The van der Waals surface area contributed by atoms with Crippen LogP contribution in [-0.4, -0.2) is 22.4 Å². The lowest BCUT2D eigenvalue weighted by Gasteiger charge is -2.24. The third kappa shape index (κ3) is 5.08. The topological polar surface area (TPSA) is 77.5 Å². The van der Waals surface area contributed by atoms with Crippen molar-refractivity contribution in [3.63, 3.8) is 0 Å². The molecule has 6 nitrogen and oxygen atoms in total. The van der Waals surface area contributed by atoms with E-state index in [9.17, 15) is 0 Å². The lowest BCUT2D eigenvalue weighted by Crippen LogP contribution is -2.20. The fraction of sp³-hybridized carbons (Fsp3) is 0.391. The number of nitrogens with one attached hydrogen (secondary N) is 1. The van der Waals surface area contributed by atoms with E-state index < -0.39 is 0 Å². The second-order valence-corrected chi connectivity index (χ2v) is 7.56. The molecule has 1 aromatic carbocycles. The van der Waals surface area contributed by atoms with E-state index in [0.29, 0.717) is 11.7 Å². The number of rotatable bonds is 7. The first-order valence-electron chi connectivity index (χ1n) is 10.1. The normalized spacial score (nSPS) is 16.0. The fourth-order valence-electron chi connectivity index (χ4n) is 3.82. The Balaban J connectivity index is 1.80. The number of aryl methyl sites for hydroxylation is 1. The number of nitrogens with zero attached hydrogens (tertiary/aromatic N) is 3. The van der Waals surface area contributed by atoms with Crippen LogP contribution in [0, 0.1) is 12.8 Å². The summed E-state index contributed by atoms with van der Waals surface area (Å²) in [7, 11) is 1.66. The monoisotopic (exact) mass is 393 g/mol. The molecule has 1 heterocycles. The molecule has 1 aliphatic rings. The van der Waals surface area contributed by atoms with Crippen LogP contribution in [0.2, 0.25) is 0 Å². The molecule has 0 saturated heterocycles. The Hall–Kier alpha value is -3.02. The molecule has 0 aliphatic heterocycles. The van der Waals surface area contributed by atoms with E-state index in [2.05, 4.69) is 16.9 Å². The van der Waals surface area contributed by atoms with Gasteiger partial charge in [0, 0.05) is 23.9 Å². The van der Waals surface area contributed by atoms with Gasteiger partial charge in [-0.2, -0.15) is 0 Å². The summed E-state index contributed by atoms with van der Waals surface area (Å²) in [6.07, 6.45) is 11.5. The second kappa shape index (κ2) is 9.45. The molecule has 29 heavy (non-hydrogen) atoms. The molecule has 0 spiro atoms. The van der Waals surface area contributed by atoms with Crippen molar-refractivity contribution in [2.75, 3.05) is 12.4 Å². The van der Waals surface area contributed by atoms with Crippen LogP contribution in [0.4, 0.5) is 5.69 Å². The Labute approximate surface area is 173 Å². The van der Waals surface area contributed by atoms with E-state index in [0.717, 1.165) is 46.9 Å². The summed E-state index contributed by atoms with van der Waals surface area (Å²) in [5.74, 6) is 1.79. The SMILES string of the molecule is C=C(N=C(/C(C)=C\N)C1CCCCC1)Nc1ccc(-n2cnc(C)c2)c(OC)c1. The molecular weight excluding hydrogens is 362 g/mol. The highest BCUT2D eigenvalue weighted by atomic mass is 16.5. The maximum Gasteiger partial charge on any atom is 0.144 e. The molecule has 0 radical (unpaired) electrons. The van der Waals surface area contributed by atoms with Crippen LogP contribution in [0.15, 0.2) is 59.9 Å². The van der Waals surface area contributed by atoms with Gasteiger partial charge in [0.25, 0.3) is 0 Å². The molecule has 2 aromatic rings. The molecule has 0 bridgehead atoms. The fourth-order valence-corrected chi connectivity index (χ4v) is 3.82. The minimum absolute atomic E-state index is 0.448. The first-order valence-corrected chi connectivity index (χ1v) is 10.1. The number of imidazole rings is 1. The predicted molar refractivity (Wildman–Crippen MR) is 120 cm³/mol. The average Bonchev–Trinajstić information content (AvgIpc) is 3.18. The zero-order chi connectivity index (χ0) is 20.8. The summed E-state index contributed by atoms with van der Waals surface area (Å²) < 4.78 is 7.53. The molecule has 0 amide bonds. The maximum atomic E-state index is 5.80. The van der Waals surface area contributed by atoms with Crippen molar-refractivity contribution < 1.29 is 4.74 Å². The molecule has 1 aromatic heterocycles. The van der Waals surface area contributed by atoms with Crippen LogP contribution >= 0.6 is 0 Å². The van der Waals surface area contributed by atoms with Gasteiger partial charge in [-0.05, 0) is 50.6 Å². The third-order valence-electron chi connectivity index (χ3n) is 5.36. The molecule has 1 fully saturated rings. The number of aliphatic imine (C=N–C) groups is 1. The number of methoxy groups -OCH3 is 1. The zero-order valence-corrected chi connectivity index (χ0v) is 17.6. The molecule has 6 heteroatoms. The average molecular weight is 394 g/mol. The maximum absolute atomic E-state index is 5.80. The molecule has 3 N–H and O–H groups in total. The van der Waals surface area contributed by atoms with E-state index in [4.69, 9.17) is 15.5 Å². The standard InChI is InChI=1S/C23H31N5O/c1-16(13-24)23(19-8-6-5-7-9-19)27-18(3)26-20-10-11-21(22(12-20)29-4)28-14-17(2)25-15-28/h10-15,19,26H,3,5-9,24H2,1-2,4H3/b16-13-,27-23?. The Kier molecular flexibility index (Phi) is 6.75. The number of ether oxygens (including phenoxy) is 1. The quantitative estimate of drug-likeness (QED) is 0.652. The van der Waals surface area contributed by atoms with E-state index in [1.807, 2.05) is 42.8 Å². The van der Waals surface area contributed by atoms with Gasteiger partial charge in [0.15, 0.2) is 0 Å². The lowest BCUT2D eigenvalue weighted by atomic mass is 9.83. The summed E-state index contributed by atoms with van der Waals surface area (Å²) in [5, 5.41) is 3.29. The molecular formula is C23H31N5O. The van der Waals surface area contributed by atoms with Gasteiger partial charge in [-0.25, -0.2) is 9.98 Å². The molecule has 1 aliphatic carbocycles. The minimum atomic E-state index is 0.448. The van der Waals surface area contributed by atoms with Gasteiger partial charge in [-0.3, -0.25) is 0 Å². The highest BCUT2D eigenvalue weighted by molar-refractivity contribution is 6.02. The van der Waals surface area contributed by atoms with Crippen LogP contribution in [-0.2, 0) is 0 Å². The van der Waals surface area contributed by atoms with Crippen LogP contribution in [0.3, 0.4) is 0 Å². The van der Waals surface area contributed by atoms with E-state index >= 15 is 0 Å². The van der Waals surface area contributed by atoms with Gasteiger partial charge in [0.1, 0.15) is 11.6 Å². The molecule has 154 valence electrons. The van der Waals surface area contributed by atoms with E-state index in [-0.39, 0.29) is 0 Å². The van der Waals surface area contributed by atoms with E-state index in [1.165, 1.54) is 19.3 Å². The number of benzene rings is 1. The Morgan fingerprint density at radius 3 is 2.72 bits per heavy atom. The summed E-state index contributed by atoms with van der Waals surface area (Å²) in [6, 6.07) is 5.92. The van der Waals surface area contributed by atoms with Crippen molar-refractivity contribution in [3.05, 3.63) is 60.6 Å². The zero-order valence-electron chi connectivity index (χ0n) is 17.6. The smallest absolute Gasteiger partial charge is 0.144 e. The number of anilines is 1. The van der Waals surface area contributed by atoms with Gasteiger partial charge >= 0.3 is 0 Å². The summed E-state index contributed by atoms with van der Waals surface area (Å²) in [6.45, 7) is 8.10. The predicted octanol–water partition coefficient (Wildman–Crippen LogP) is 4.96. The van der Waals surface area contributed by atoms with Crippen LogP contribution in [0.5, 0.6) is 5.75 Å². The Bertz CT molecular complexity index is 919. The minimum Gasteiger partial charge on any atom is -0.494 e. The van der Waals surface area contributed by atoms with Crippen LogP contribution in [0.25, 0.3) is 5.69 Å². The van der Waals surface area contributed by atoms with Gasteiger partial charge in [-0.15, -0.1) is 0 Å².